The van der Waals surface area contributed by atoms with Gasteiger partial charge in [-0.25, -0.2) is 4.98 Å². The third-order valence-electron chi connectivity index (χ3n) is 3.81. The van der Waals surface area contributed by atoms with E-state index in [1.165, 1.54) is 11.3 Å². The van der Waals surface area contributed by atoms with E-state index in [9.17, 15) is 4.79 Å². The summed E-state index contributed by atoms with van der Waals surface area (Å²) in [5.74, 6) is 1.09. The number of hydrogen-bond acceptors (Lipinski definition) is 6. The average Bonchev–Trinajstić information content (AvgIpc) is 3.08. The zero-order valence-electron chi connectivity index (χ0n) is 14.5. The highest BCUT2D eigenvalue weighted by atomic mass is 32.1. The minimum absolute atomic E-state index is 0.132. The van der Waals surface area contributed by atoms with E-state index in [1.807, 2.05) is 35.7 Å². The number of thiazole rings is 1. The maximum Gasteiger partial charge on any atom is 0.228 e. The van der Waals surface area contributed by atoms with Gasteiger partial charge in [-0.15, -0.1) is 11.3 Å². The van der Waals surface area contributed by atoms with Crippen molar-refractivity contribution >= 4 is 28.1 Å². The molecule has 0 saturated heterocycles. The standard InChI is InChI=1S/C19H19N3O3S/c1-24-16-8-7-12(9-17(16)25-2)10-18(23)21-14-6-4-3-5-13(14)15-11-26-19(20)22-15/h3-9,11H,10H2,1-2H3,(H2,20,22)(H,21,23). The zero-order valence-corrected chi connectivity index (χ0v) is 15.3. The molecule has 26 heavy (non-hydrogen) atoms. The molecule has 0 aliphatic heterocycles. The molecule has 6 nitrogen and oxygen atoms in total. The van der Waals surface area contributed by atoms with Gasteiger partial charge in [-0.1, -0.05) is 24.3 Å². The van der Waals surface area contributed by atoms with Crippen molar-refractivity contribution in [1.29, 1.82) is 0 Å². The fourth-order valence-corrected chi connectivity index (χ4v) is 3.16. The Kier molecular flexibility index (Phi) is 5.38. The van der Waals surface area contributed by atoms with E-state index >= 15 is 0 Å². The topological polar surface area (TPSA) is 86.5 Å². The summed E-state index contributed by atoms with van der Waals surface area (Å²) >= 11 is 1.37. The van der Waals surface area contributed by atoms with Crippen LogP contribution in [0, 0.1) is 0 Å². The number of nitrogen functional groups attached to an aromatic ring is 1. The smallest absolute Gasteiger partial charge is 0.228 e. The monoisotopic (exact) mass is 369 g/mol. The maximum atomic E-state index is 12.5. The van der Waals surface area contributed by atoms with E-state index in [4.69, 9.17) is 15.2 Å². The van der Waals surface area contributed by atoms with Crippen molar-refractivity contribution in [3.8, 4) is 22.8 Å². The largest absolute Gasteiger partial charge is 0.493 e. The quantitative estimate of drug-likeness (QED) is 0.693. The number of nitrogens with one attached hydrogen (secondary N) is 1. The lowest BCUT2D eigenvalue weighted by atomic mass is 10.1. The van der Waals surface area contributed by atoms with Gasteiger partial charge in [0.1, 0.15) is 0 Å². The number of para-hydroxylation sites is 1. The van der Waals surface area contributed by atoms with E-state index in [0.29, 0.717) is 22.3 Å². The minimum atomic E-state index is -0.132. The highest BCUT2D eigenvalue weighted by molar-refractivity contribution is 7.13. The summed E-state index contributed by atoms with van der Waals surface area (Å²) in [5, 5.41) is 5.31. The lowest BCUT2D eigenvalue weighted by Gasteiger charge is -2.11. The van der Waals surface area contributed by atoms with Crippen LogP contribution in [0.4, 0.5) is 10.8 Å². The van der Waals surface area contributed by atoms with Gasteiger partial charge < -0.3 is 20.5 Å². The van der Waals surface area contributed by atoms with Crippen LogP contribution in [-0.4, -0.2) is 25.1 Å². The molecule has 1 heterocycles. The van der Waals surface area contributed by atoms with Crippen LogP contribution < -0.4 is 20.5 Å². The molecule has 1 aromatic heterocycles. The zero-order chi connectivity index (χ0) is 18.5. The molecule has 0 unspecified atom stereocenters. The molecule has 3 N–H and O–H groups in total. The average molecular weight is 369 g/mol. The number of carbonyl (C=O) groups excluding carboxylic acids is 1. The van der Waals surface area contributed by atoms with Gasteiger partial charge >= 0.3 is 0 Å². The molecule has 1 amide bonds. The Balaban J connectivity index is 1.77. The van der Waals surface area contributed by atoms with Crippen LogP contribution in [0.2, 0.25) is 0 Å². The molecule has 0 aliphatic carbocycles. The summed E-state index contributed by atoms with van der Waals surface area (Å²) in [7, 11) is 3.14. The molecule has 134 valence electrons. The van der Waals surface area contributed by atoms with Crippen molar-refractivity contribution in [1.82, 2.24) is 4.98 Å². The first-order valence-corrected chi connectivity index (χ1v) is 8.80. The molecule has 7 heteroatoms. The molecule has 0 saturated carbocycles. The summed E-state index contributed by atoms with van der Waals surface area (Å²) in [5.41, 5.74) is 8.82. The molecule has 0 aliphatic rings. The second kappa shape index (κ2) is 7.88. The van der Waals surface area contributed by atoms with Gasteiger partial charge in [0, 0.05) is 10.9 Å². The number of benzene rings is 2. The van der Waals surface area contributed by atoms with Crippen LogP contribution in [0.5, 0.6) is 11.5 Å². The van der Waals surface area contributed by atoms with Crippen LogP contribution in [0.1, 0.15) is 5.56 Å². The molecule has 0 atom stereocenters. The summed E-state index contributed by atoms with van der Waals surface area (Å²) < 4.78 is 10.5. The number of rotatable bonds is 6. The molecular formula is C19H19N3O3S. The normalized spacial score (nSPS) is 10.4. The highest BCUT2D eigenvalue weighted by Crippen LogP contribution is 2.30. The SMILES string of the molecule is COc1ccc(CC(=O)Nc2ccccc2-c2csc(N)n2)cc1OC. The summed E-state index contributed by atoms with van der Waals surface area (Å²) in [6, 6.07) is 12.9. The van der Waals surface area contributed by atoms with Crippen molar-refractivity contribution in [2.45, 2.75) is 6.42 Å². The van der Waals surface area contributed by atoms with Crippen molar-refractivity contribution in [3.63, 3.8) is 0 Å². The molecule has 0 fully saturated rings. The minimum Gasteiger partial charge on any atom is -0.493 e. The van der Waals surface area contributed by atoms with Crippen LogP contribution in [0.3, 0.4) is 0 Å². The van der Waals surface area contributed by atoms with Crippen molar-refractivity contribution in [2.75, 3.05) is 25.3 Å². The third-order valence-corrected chi connectivity index (χ3v) is 4.49. The van der Waals surface area contributed by atoms with E-state index in [-0.39, 0.29) is 12.3 Å². The van der Waals surface area contributed by atoms with Crippen LogP contribution in [0.25, 0.3) is 11.3 Å². The Morgan fingerprint density at radius 2 is 1.92 bits per heavy atom. The second-order valence-corrected chi connectivity index (χ2v) is 6.42. The van der Waals surface area contributed by atoms with Gasteiger partial charge in [-0.3, -0.25) is 4.79 Å². The molecule has 0 radical (unpaired) electrons. The molecule has 0 spiro atoms. The first-order chi connectivity index (χ1) is 12.6. The predicted molar refractivity (Wildman–Crippen MR) is 104 cm³/mol. The van der Waals surface area contributed by atoms with Crippen LogP contribution in [0.15, 0.2) is 47.8 Å². The Bertz CT molecular complexity index is 924. The number of methoxy groups -OCH3 is 2. The lowest BCUT2D eigenvalue weighted by Crippen LogP contribution is -2.15. The van der Waals surface area contributed by atoms with Crippen LogP contribution >= 0.6 is 11.3 Å². The van der Waals surface area contributed by atoms with Crippen LogP contribution in [-0.2, 0) is 11.2 Å². The summed E-state index contributed by atoms with van der Waals surface area (Å²) in [6.45, 7) is 0. The predicted octanol–water partition coefficient (Wildman–Crippen LogP) is 3.59. The molecule has 0 bridgehead atoms. The molecule has 3 rings (SSSR count). The Morgan fingerprint density at radius 1 is 1.15 bits per heavy atom. The number of ether oxygens (including phenoxy) is 2. The Hall–Kier alpha value is -3.06. The molecule has 2 aromatic carbocycles. The van der Waals surface area contributed by atoms with Gasteiger partial charge in [0.15, 0.2) is 16.6 Å². The van der Waals surface area contributed by atoms with Crippen molar-refractivity contribution in [3.05, 3.63) is 53.4 Å². The van der Waals surface area contributed by atoms with Gasteiger partial charge in [-0.05, 0) is 23.8 Å². The number of anilines is 2. The Morgan fingerprint density at radius 3 is 2.62 bits per heavy atom. The fraction of sp³-hybridized carbons (Fsp3) is 0.158. The number of nitrogens with zero attached hydrogens (tertiary/aromatic N) is 1. The van der Waals surface area contributed by atoms with E-state index < -0.39 is 0 Å². The van der Waals surface area contributed by atoms with Gasteiger partial charge in [0.25, 0.3) is 0 Å². The number of carbonyl (C=O) groups is 1. The van der Waals surface area contributed by atoms with E-state index in [2.05, 4.69) is 10.3 Å². The summed E-state index contributed by atoms with van der Waals surface area (Å²) in [4.78, 5) is 16.8. The van der Waals surface area contributed by atoms with Gasteiger partial charge in [-0.2, -0.15) is 0 Å². The van der Waals surface area contributed by atoms with E-state index in [0.717, 1.165) is 16.8 Å². The number of nitrogens with two attached hydrogens (primary N) is 1. The first kappa shape index (κ1) is 17.8. The number of hydrogen-bond donors (Lipinski definition) is 2. The van der Waals surface area contributed by atoms with Crippen molar-refractivity contribution in [2.24, 2.45) is 0 Å². The van der Waals surface area contributed by atoms with Crippen molar-refractivity contribution < 1.29 is 14.3 Å². The summed E-state index contributed by atoms with van der Waals surface area (Å²) in [6.07, 6.45) is 0.216. The lowest BCUT2D eigenvalue weighted by molar-refractivity contribution is -0.115. The molecular weight excluding hydrogens is 350 g/mol. The maximum absolute atomic E-state index is 12.5. The van der Waals surface area contributed by atoms with Gasteiger partial charge in [0.2, 0.25) is 5.91 Å². The third kappa shape index (κ3) is 3.94. The number of amides is 1. The second-order valence-electron chi connectivity index (χ2n) is 5.53. The van der Waals surface area contributed by atoms with E-state index in [1.54, 1.807) is 26.4 Å². The Labute approximate surface area is 155 Å². The van der Waals surface area contributed by atoms with Gasteiger partial charge in [0.05, 0.1) is 32.0 Å². The molecule has 3 aromatic rings. The fourth-order valence-electron chi connectivity index (χ4n) is 2.60. The highest BCUT2D eigenvalue weighted by Gasteiger charge is 2.12. The number of aromatic nitrogens is 1. The first-order valence-electron chi connectivity index (χ1n) is 7.92.